The van der Waals surface area contributed by atoms with Crippen LogP contribution in [0.4, 0.5) is 5.95 Å². The van der Waals surface area contributed by atoms with Gasteiger partial charge in [0.2, 0.25) is 5.95 Å². The summed E-state index contributed by atoms with van der Waals surface area (Å²) in [5, 5.41) is 8.94. The number of nitrogens with zero attached hydrogens (tertiary/aromatic N) is 3. The van der Waals surface area contributed by atoms with Crippen molar-refractivity contribution in [1.29, 1.82) is 0 Å². The molecule has 15 heavy (non-hydrogen) atoms. The fraction of sp³-hybridized carbons (Fsp3) is 0.600. The Morgan fingerprint density at radius 3 is 3.07 bits per heavy atom. The number of rotatable bonds is 4. The van der Waals surface area contributed by atoms with Gasteiger partial charge in [0, 0.05) is 32.3 Å². The Balaban J connectivity index is 1.94. The highest BCUT2D eigenvalue weighted by Gasteiger charge is 2.28. The van der Waals surface area contributed by atoms with Crippen molar-refractivity contribution in [3.8, 4) is 0 Å². The Morgan fingerprint density at radius 1 is 1.60 bits per heavy atom. The quantitative estimate of drug-likeness (QED) is 0.759. The molecule has 0 aliphatic carbocycles. The van der Waals surface area contributed by atoms with Crippen molar-refractivity contribution >= 4 is 5.95 Å². The van der Waals surface area contributed by atoms with Crippen LogP contribution in [0.2, 0.25) is 0 Å². The molecule has 2 heterocycles. The molecule has 0 saturated carbocycles. The zero-order chi connectivity index (χ0) is 10.7. The first-order valence-corrected chi connectivity index (χ1v) is 5.00. The molecule has 0 bridgehead atoms. The molecule has 0 aromatic carbocycles. The number of aliphatic hydroxyl groups excluding tert-OH is 1. The molecule has 5 heteroatoms. The zero-order valence-corrected chi connectivity index (χ0v) is 8.76. The summed E-state index contributed by atoms with van der Waals surface area (Å²) in [4.78, 5) is 10.5. The van der Waals surface area contributed by atoms with Gasteiger partial charge in [-0.15, -0.1) is 0 Å². The Bertz CT molecular complexity index is 326. The molecule has 1 aliphatic heterocycles. The highest BCUT2D eigenvalue weighted by molar-refractivity contribution is 5.34. The zero-order valence-electron chi connectivity index (χ0n) is 8.76. The molecule has 5 nitrogen and oxygen atoms in total. The van der Waals surface area contributed by atoms with Crippen LogP contribution in [0.25, 0.3) is 0 Å². The van der Waals surface area contributed by atoms with Crippen molar-refractivity contribution in [2.24, 2.45) is 5.92 Å². The predicted octanol–water partition coefficient (Wildman–Crippen LogP) is 0.0515. The average Bonchev–Trinajstić information content (AvgIpc) is 2.23. The van der Waals surface area contributed by atoms with E-state index in [1.807, 2.05) is 0 Å². The van der Waals surface area contributed by atoms with E-state index >= 15 is 0 Å². The van der Waals surface area contributed by atoms with Crippen LogP contribution in [0, 0.1) is 5.92 Å². The fourth-order valence-corrected chi connectivity index (χ4v) is 1.70. The van der Waals surface area contributed by atoms with Crippen LogP contribution < -0.4 is 4.90 Å². The van der Waals surface area contributed by atoms with Gasteiger partial charge in [0.1, 0.15) is 0 Å². The Hall–Kier alpha value is -1.20. The first kappa shape index (κ1) is 10.3. The molecular formula is C10H15N3O2. The van der Waals surface area contributed by atoms with Crippen molar-refractivity contribution in [3.63, 3.8) is 0 Å². The van der Waals surface area contributed by atoms with Crippen LogP contribution in [0.3, 0.4) is 0 Å². The third-order valence-corrected chi connectivity index (χ3v) is 2.50. The Kier molecular flexibility index (Phi) is 3.13. The van der Waals surface area contributed by atoms with Crippen LogP contribution in [-0.2, 0) is 11.3 Å². The maximum Gasteiger partial charge on any atom is 0.225 e. The minimum atomic E-state index is -0.0368. The number of anilines is 1. The molecule has 82 valence electrons. The van der Waals surface area contributed by atoms with Gasteiger partial charge in [-0.05, 0) is 6.07 Å². The number of aromatic nitrogens is 2. The molecule has 0 radical (unpaired) electrons. The summed E-state index contributed by atoms with van der Waals surface area (Å²) in [6.07, 6.45) is 1.68. The lowest BCUT2D eigenvalue weighted by Crippen LogP contribution is -2.49. The van der Waals surface area contributed by atoms with E-state index in [0.29, 0.717) is 17.6 Å². The maximum atomic E-state index is 8.94. The van der Waals surface area contributed by atoms with E-state index in [1.54, 1.807) is 19.4 Å². The highest BCUT2D eigenvalue weighted by atomic mass is 16.5. The van der Waals surface area contributed by atoms with Crippen molar-refractivity contribution in [1.82, 2.24) is 9.97 Å². The molecule has 1 aliphatic rings. The van der Waals surface area contributed by atoms with Gasteiger partial charge in [-0.3, -0.25) is 0 Å². The van der Waals surface area contributed by atoms with Crippen molar-refractivity contribution in [2.75, 3.05) is 31.7 Å². The van der Waals surface area contributed by atoms with Gasteiger partial charge in [-0.2, -0.15) is 0 Å². The normalized spacial score (nSPS) is 16.5. The summed E-state index contributed by atoms with van der Waals surface area (Å²) in [6.45, 7) is 2.62. The van der Waals surface area contributed by atoms with Crippen molar-refractivity contribution in [3.05, 3.63) is 18.0 Å². The van der Waals surface area contributed by atoms with Gasteiger partial charge in [-0.1, -0.05) is 0 Å². The first-order chi connectivity index (χ1) is 7.33. The summed E-state index contributed by atoms with van der Waals surface area (Å²) in [5.74, 6) is 1.28. The molecule has 1 saturated heterocycles. The number of ether oxygens (including phenoxy) is 1. The first-order valence-electron chi connectivity index (χ1n) is 5.00. The molecule has 0 amide bonds. The van der Waals surface area contributed by atoms with Gasteiger partial charge >= 0.3 is 0 Å². The number of hydrogen-bond acceptors (Lipinski definition) is 5. The van der Waals surface area contributed by atoms with Crippen molar-refractivity contribution < 1.29 is 9.84 Å². The second kappa shape index (κ2) is 4.55. The second-order valence-electron chi connectivity index (χ2n) is 3.73. The van der Waals surface area contributed by atoms with E-state index in [1.165, 1.54) is 0 Å². The van der Waals surface area contributed by atoms with E-state index in [-0.39, 0.29) is 6.61 Å². The van der Waals surface area contributed by atoms with Crippen LogP contribution in [0.1, 0.15) is 5.69 Å². The smallest absolute Gasteiger partial charge is 0.225 e. The lowest BCUT2D eigenvalue weighted by atomic mass is 10.0. The lowest BCUT2D eigenvalue weighted by molar-refractivity contribution is 0.136. The molecule has 1 aromatic heterocycles. The standard InChI is InChI=1S/C10H15N3O2/c1-15-7-8-4-13(5-8)10-11-3-2-9(6-14)12-10/h2-3,8,14H,4-7H2,1H3. The van der Waals surface area contributed by atoms with E-state index in [2.05, 4.69) is 14.9 Å². The predicted molar refractivity (Wildman–Crippen MR) is 55.5 cm³/mol. The van der Waals surface area contributed by atoms with Crippen LogP contribution >= 0.6 is 0 Å². The van der Waals surface area contributed by atoms with Crippen LogP contribution in [0.15, 0.2) is 12.3 Å². The number of methoxy groups -OCH3 is 1. The van der Waals surface area contributed by atoms with E-state index in [4.69, 9.17) is 9.84 Å². The van der Waals surface area contributed by atoms with E-state index in [0.717, 1.165) is 19.7 Å². The summed E-state index contributed by atoms with van der Waals surface area (Å²) in [5.41, 5.74) is 0.662. The molecule has 0 atom stereocenters. The number of hydrogen-bond donors (Lipinski definition) is 1. The molecule has 1 N–H and O–H groups in total. The van der Waals surface area contributed by atoms with Crippen molar-refractivity contribution in [2.45, 2.75) is 6.61 Å². The minimum absolute atomic E-state index is 0.0368. The van der Waals surface area contributed by atoms with Gasteiger partial charge < -0.3 is 14.7 Å². The third-order valence-electron chi connectivity index (χ3n) is 2.50. The molecular weight excluding hydrogens is 194 g/mol. The van der Waals surface area contributed by atoms with Crippen LogP contribution in [0.5, 0.6) is 0 Å². The second-order valence-corrected chi connectivity index (χ2v) is 3.73. The summed E-state index contributed by atoms with van der Waals surface area (Å²) in [6, 6.07) is 1.72. The highest BCUT2D eigenvalue weighted by Crippen LogP contribution is 2.20. The van der Waals surface area contributed by atoms with Crippen LogP contribution in [-0.4, -0.2) is 41.9 Å². The van der Waals surface area contributed by atoms with E-state index in [9.17, 15) is 0 Å². The molecule has 0 spiro atoms. The summed E-state index contributed by atoms with van der Waals surface area (Å²) in [7, 11) is 1.71. The Morgan fingerprint density at radius 2 is 2.40 bits per heavy atom. The SMILES string of the molecule is COCC1CN(c2nccc(CO)n2)C1. The van der Waals surface area contributed by atoms with Gasteiger partial charge in [0.05, 0.1) is 18.9 Å². The molecule has 2 rings (SSSR count). The average molecular weight is 209 g/mol. The minimum Gasteiger partial charge on any atom is -0.390 e. The summed E-state index contributed by atoms with van der Waals surface area (Å²) >= 11 is 0. The monoisotopic (exact) mass is 209 g/mol. The number of aliphatic hydroxyl groups is 1. The van der Waals surface area contributed by atoms with Gasteiger partial charge in [0.25, 0.3) is 0 Å². The van der Waals surface area contributed by atoms with E-state index < -0.39 is 0 Å². The molecule has 1 fully saturated rings. The molecule has 0 unspecified atom stereocenters. The fourth-order valence-electron chi connectivity index (χ4n) is 1.70. The van der Waals surface area contributed by atoms with Gasteiger partial charge in [0.15, 0.2) is 0 Å². The molecule has 1 aromatic rings. The lowest BCUT2D eigenvalue weighted by Gasteiger charge is -2.38. The topological polar surface area (TPSA) is 58.5 Å². The maximum absolute atomic E-state index is 8.94. The third kappa shape index (κ3) is 2.24. The largest absolute Gasteiger partial charge is 0.390 e. The Labute approximate surface area is 88.7 Å². The summed E-state index contributed by atoms with van der Waals surface area (Å²) < 4.78 is 5.07. The van der Waals surface area contributed by atoms with Gasteiger partial charge in [-0.25, -0.2) is 9.97 Å².